The first-order valence-corrected chi connectivity index (χ1v) is 11.3. The van der Waals surface area contributed by atoms with E-state index < -0.39 is 27.4 Å². The molecule has 1 aliphatic heterocycles. The maximum atomic E-state index is 13.1. The van der Waals surface area contributed by atoms with Gasteiger partial charge in [0.25, 0.3) is 0 Å². The van der Waals surface area contributed by atoms with Crippen LogP contribution in [0.15, 0.2) is 60.0 Å². The zero-order chi connectivity index (χ0) is 23.1. The molecule has 0 radical (unpaired) electrons. The molecule has 1 fully saturated rings. The lowest BCUT2D eigenvalue weighted by Crippen LogP contribution is -2.38. The van der Waals surface area contributed by atoms with Gasteiger partial charge in [0.2, 0.25) is 10.0 Å². The fraction of sp³-hybridized carbons (Fsp3) is 0.263. The van der Waals surface area contributed by atoms with Gasteiger partial charge in [-0.05, 0) is 36.4 Å². The van der Waals surface area contributed by atoms with Gasteiger partial charge >= 0.3 is 6.18 Å². The minimum absolute atomic E-state index is 0.0907. The second kappa shape index (κ2) is 8.31. The van der Waals surface area contributed by atoms with Gasteiger partial charge in [-0.15, -0.1) is 0 Å². The van der Waals surface area contributed by atoms with Crippen LogP contribution in [0, 0.1) is 0 Å². The van der Waals surface area contributed by atoms with E-state index in [1.807, 2.05) is 0 Å². The first-order chi connectivity index (χ1) is 15.0. The lowest BCUT2D eigenvalue weighted by Gasteiger charge is -2.29. The Hall–Kier alpha value is -2.18. The molecule has 2 aromatic carbocycles. The molecule has 7 nitrogen and oxygen atoms in total. The second-order valence-corrected chi connectivity index (χ2v) is 9.90. The topological polar surface area (TPSA) is 77.3 Å². The molecule has 0 spiro atoms. The van der Waals surface area contributed by atoms with Crippen molar-refractivity contribution in [3.63, 3.8) is 0 Å². The van der Waals surface area contributed by atoms with Gasteiger partial charge in [-0.1, -0.05) is 29.3 Å². The molecule has 13 heteroatoms. The van der Waals surface area contributed by atoms with Gasteiger partial charge in [0.05, 0.1) is 23.5 Å². The Kier molecular flexibility index (Phi) is 5.97. The Bertz CT molecular complexity index is 1220. The van der Waals surface area contributed by atoms with Crippen molar-refractivity contribution in [2.75, 3.05) is 13.3 Å². The number of aromatic nitrogens is 3. The summed E-state index contributed by atoms with van der Waals surface area (Å²) >= 11 is 12.4. The predicted octanol–water partition coefficient (Wildman–Crippen LogP) is 4.18. The van der Waals surface area contributed by atoms with Crippen molar-refractivity contribution < 1.29 is 26.3 Å². The highest BCUT2D eigenvalue weighted by Crippen LogP contribution is 2.40. The predicted molar refractivity (Wildman–Crippen MR) is 109 cm³/mol. The van der Waals surface area contributed by atoms with Gasteiger partial charge in [0, 0.05) is 15.6 Å². The molecule has 1 saturated heterocycles. The molecule has 0 amide bonds. The van der Waals surface area contributed by atoms with Crippen LogP contribution >= 0.6 is 23.2 Å². The van der Waals surface area contributed by atoms with Crippen molar-refractivity contribution in [3.8, 4) is 0 Å². The maximum absolute atomic E-state index is 13.1. The van der Waals surface area contributed by atoms with Gasteiger partial charge in [-0.25, -0.2) is 18.1 Å². The number of nitrogens with zero attached hydrogens (tertiary/aromatic N) is 4. The molecule has 1 aromatic heterocycles. The largest absolute Gasteiger partial charge is 0.416 e. The fourth-order valence-electron chi connectivity index (χ4n) is 3.47. The first-order valence-electron chi connectivity index (χ1n) is 9.11. The molecule has 170 valence electrons. The van der Waals surface area contributed by atoms with Crippen LogP contribution in [0.5, 0.6) is 0 Å². The maximum Gasteiger partial charge on any atom is 0.416 e. The van der Waals surface area contributed by atoms with E-state index in [1.54, 1.807) is 12.1 Å². The zero-order valence-corrected chi connectivity index (χ0v) is 18.5. The van der Waals surface area contributed by atoms with Crippen molar-refractivity contribution in [1.29, 1.82) is 0 Å². The van der Waals surface area contributed by atoms with Crippen LogP contribution in [0.3, 0.4) is 0 Å². The second-order valence-electron chi connectivity index (χ2n) is 7.12. The molecule has 0 aliphatic carbocycles. The van der Waals surface area contributed by atoms with Crippen molar-refractivity contribution >= 4 is 33.2 Å². The minimum atomic E-state index is -4.57. The molecule has 0 bridgehead atoms. The lowest BCUT2D eigenvalue weighted by molar-refractivity contribution is -0.137. The van der Waals surface area contributed by atoms with Crippen LogP contribution in [-0.4, -0.2) is 40.8 Å². The van der Waals surface area contributed by atoms with Crippen molar-refractivity contribution in [2.45, 2.75) is 23.2 Å². The van der Waals surface area contributed by atoms with E-state index in [-0.39, 0.29) is 29.7 Å². The van der Waals surface area contributed by atoms with Gasteiger partial charge in [0.15, 0.2) is 0 Å². The summed E-state index contributed by atoms with van der Waals surface area (Å²) in [5.41, 5.74) is -1.68. The molecule has 1 unspecified atom stereocenters. The van der Waals surface area contributed by atoms with Crippen LogP contribution in [-0.2, 0) is 33.1 Å². The number of alkyl halides is 3. The Morgan fingerprint density at radius 2 is 1.84 bits per heavy atom. The first kappa shape index (κ1) is 23.0. The molecule has 4 rings (SSSR count). The Labute approximate surface area is 191 Å². The molecular weight excluding hydrogens is 492 g/mol. The Morgan fingerprint density at radius 1 is 1.12 bits per heavy atom. The van der Waals surface area contributed by atoms with E-state index in [0.717, 1.165) is 28.6 Å². The quantitative estimate of drug-likeness (QED) is 0.518. The standard InChI is InChI=1S/C19H15Cl2F3N4O3S/c20-14-3-6-16(17(21)7-14)18(8-27-11-25-10-26-27)9-28(12-31-18)32(29,30)15-4-1-13(2-5-15)19(22,23)24/h1-7,10-11H,8-9,12H2. The summed E-state index contributed by atoms with van der Waals surface area (Å²) in [4.78, 5) is 3.60. The van der Waals surface area contributed by atoms with Crippen molar-refractivity contribution in [3.05, 3.63) is 76.3 Å². The lowest BCUT2D eigenvalue weighted by atomic mass is 9.94. The van der Waals surface area contributed by atoms with E-state index in [1.165, 1.54) is 23.4 Å². The highest BCUT2D eigenvalue weighted by molar-refractivity contribution is 7.89. The van der Waals surface area contributed by atoms with E-state index in [4.69, 9.17) is 27.9 Å². The normalized spacial score (nSPS) is 20.0. The number of halogens is 5. The summed E-state index contributed by atoms with van der Waals surface area (Å²) in [6.45, 7) is -0.401. The van der Waals surface area contributed by atoms with Crippen LogP contribution in [0.2, 0.25) is 10.0 Å². The highest BCUT2D eigenvalue weighted by Gasteiger charge is 2.47. The number of benzene rings is 2. The zero-order valence-electron chi connectivity index (χ0n) is 16.1. The van der Waals surface area contributed by atoms with E-state index >= 15 is 0 Å². The van der Waals surface area contributed by atoms with Gasteiger partial charge in [-0.3, -0.25) is 0 Å². The number of hydrogen-bond donors (Lipinski definition) is 0. The number of hydrogen-bond acceptors (Lipinski definition) is 5. The van der Waals surface area contributed by atoms with E-state index in [0.29, 0.717) is 10.6 Å². The number of rotatable bonds is 5. The van der Waals surface area contributed by atoms with Crippen molar-refractivity contribution in [2.24, 2.45) is 0 Å². The molecule has 3 aromatic rings. The third-order valence-electron chi connectivity index (χ3n) is 5.04. The summed E-state index contributed by atoms with van der Waals surface area (Å²) in [6, 6.07) is 8.04. The van der Waals surface area contributed by atoms with Gasteiger partial charge < -0.3 is 4.74 Å². The minimum Gasteiger partial charge on any atom is -0.350 e. The monoisotopic (exact) mass is 506 g/mol. The molecule has 0 N–H and O–H groups in total. The Morgan fingerprint density at radius 3 is 2.44 bits per heavy atom. The SMILES string of the molecule is O=S(=O)(c1ccc(C(F)(F)F)cc1)N1COC(Cn2cncn2)(c2ccc(Cl)cc2Cl)C1. The van der Waals surface area contributed by atoms with E-state index in [9.17, 15) is 21.6 Å². The van der Waals surface area contributed by atoms with E-state index in [2.05, 4.69) is 10.1 Å². The highest BCUT2D eigenvalue weighted by atomic mass is 35.5. The molecule has 1 aliphatic rings. The van der Waals surface area contributed by atoms with Crippen LogP contribution < -0.4 is 0 Å². The molecule has 32 heavy (non-hydrogen) atoms. The summed E-state index contributed by atoms with van der Waals surface area (Å²) in [5.74, 6) is 0. The summed E-state index contributed by atoms with van der Waals surface area (Å²) in [7, 11) is -4.15. The average molecular weight is 507 g/mol. The molecule has 2 heterocycles. The fourth-order valence-corrected chi connectivity index (χ4v) is 5.40. The van der Waals surface area contributed by atoms with Crippen LogP contribution in [0.1, 0.15) is 11.1 Å². The summed E-state index contributed by atoms with van der Waals surface area (Å²) in [6.07, 6.45) is -1.80. The van der Waals surface area contributed by atoms with Gasteiger partial charge in [-0.2, -0.15) is 22.6 Å². The summed E-state index contributed by atoms with van der Waals surface area (Å²) in [5, 5.41) is 4.72. The number of ether oxygens (including phenoxy) is 1. The van der Waals surface area contributed by atoms with Crippen LogP contribution in [0.4, 0.5) is 13.2 Å². The van der Waals surface area contributed by atoms with Crippen LogP contribution in [0.25, 0.3) is 0 Å². The Balaban J connectivity index is 1.69. The molecule has 0 saturated carbocycles. The number of sulfonamides is 1. The van der Waals surface area contributed by atoms with Crippen molar-refractivity contribution in [1.82, 2.24) is 19.1 Å². The summed E-state index contributed by atoms with van der Waals surface area (Å²) < 4.78 is 73.3. The molecular formula is C19H15Cl2F3N4O3S. The van der Waals surface area contributed by atoms with Gasteiger partial charge in [0.1, 0.15) is 25.0 Å². The smallest absolute Gasteiger partial charge is 0.350 e. The molecule has 1 atom stereocenters. The third kappa shape index (κ3) is 4.35. The third-order valence-corrected chi connectivity index (χ3v) is 7.37. The average Bonchev–Trinajstić information content (AvgIpc) is 3.38.